The van der Waals surface area contributed by atoms with E-state index in [1.165, 1.54) is 0 Å². The molecule has 20 N–H and O–H groups in total. The summed E-state index contributed by atoms with van der Waals surface area (Å²) in [6.07, 6.45) is 0. The molecule has 0 atom stereocenters. The quantitative estimate of drug-likeness (QED) is 0.343. The van der Waals surface area contributed by atoms with Gasteiger partial charge in [0, 0.05) is 0 Å². The van der Waals surface area contributed by atoms with E-state index in [2.05, 4.69) is 0 Å². The number of hydrogen-bond acceptors (Lipinski definition) is 0. The normalized spacial score (nSPS) is 0. The van der Waals surface area contributed by atoms with E-state index in [1.807, 2.05) is 0 Å². The molecule has 11 heteroatoms. The fraction of sp³-hybridized carbons (Fsp3) is 0. The molecule has 0 saturated carbocycles. The number of hydrogen-bond donors (Lipinski definition) is 0. The predicted octanol–water partition coefficient (Wildman–Crippen LogP) is -8.90. The molecule has 0 aromatic carbocycles. The van der Waals surface area contributed by atoms with Crippen LogP contribution in [-0.4, -0.2) is 106 Å². The molecule has 0 fully saturated rings. The monoisotopic (exact) mass is 220 g/mol. The van der Waals surface area contributed by atoms with Crippen molar-refractivity contribution >= 4 is 51.4 Å². The summed E-state index contributed by atoms with van der Waals surface area (Å²) in [7, 11) is 0. The average Bonchev–Trinajstić information content (AvgIpc) is 0. The van der Waals surface area contributed by atoms with Crippen LogP contribution in [0, 0.1) is 0 Å². The molecule has 0 aliphatic rings. The van der Waals surface area contributed by atoms with Gasteiger partial charge in [0.1, 0.15) is 0 Å². The molecule has 0 spiro atoms. The first-order valence-corrected chi connectivity index (χ1v) is 0. The SMILES string of the molecule is O.O.O.O.O.O.O.O.O.O.[KH]. The summed E-state index contributed by atoms with van der Waals surface area (Å²) in [6.45, 7) is 0. The van der Waals surface area contributed by atoms with Crippen LogP contribution in [0.1, 0.15) is 0 Å². The predicted molar refractivity (Wildman–Crippen MR) is 43.3 cm³/mol. The van der Waals surface area contributed by atoms with Gasteiger partial charge in [-0.2, -0.15) is 0 Å². The summed E-state index contributed by atoms with van der Waals surface area (Å²) in [4.78, 5) is 0. The molecule has 0 unspecified atom stereocenters. The third-order valence-corrected chi connectivity index (χ3v) is 0. The Hall–Kier alpha value is 1.24. The average molecular weight is 220 g/mol. The van der Waals surface area contributed by atoms with E-state index in [0.29, 0.717) is 0 Å². The van der Waals surface area contributed by atoms with E-state index in [9.17, 15) is 0 Å². The Morgan fingerprint density at radius 1 is 0.182 bits per heavy atom. The molecule has 0 saturated heterocycles. The molecular weight excluding hydrogens is 199 g/mol. The van der Waals surface area contributed by atoms with Gasteiger partial charge in [-0.15, -0.1) is 0 Å². The van der Waals surface area contributed by atoms with Crippen molar-refractivity contribution in [2.75, 3.05) is 0 Å². The van der Waals surface area contributed by atoms with Crippen LogP contribution in [-0.2, 0) is 0 Å². The second-order valence-corrected chi connectivity index (χ2v) is 0. The molecule has 11 heavy (non-hydrogen) atoms. The van der Waals surface area contributed by atoms with Crippen LogP contribution in [0.4, 0.5) is 0 Å². The minimum atomic E-state index is 0. The number of rotatable bonds is 0. The van der Waals surface area contributed by atoms with E-state index in [4.69, 9.17) is 0 Å². The summed E-state index contributed by atoms with van der Waals surface area (Å²) < 4.78 is 0. The summed E-state index contributed by atoms with van der Waals surface area (Å²) in [6, 6.07) is 0. The van der Waals surface area contributed by atoms with Gasteiger partial charge in [0.15, 0.2) is 0 Å². The van der Waals surface area contributed by atoms with Crippen LogP contribution in [0.15, 0.2) is 0 Å². The van der Waals surface area contributed by atoms with Crippen molar-refractivity contribution in [2.45, 2.75) is 0 Å². The van der Waals surface area contributed by atoms with E-state index >= 15 is 0 Å². The summed E-state index contributed by atoms with van der Waals surface area (Å²) in [5.41, 5.74) is 0. The molecular formula is H21KO10. The van der Waals surface area contributed by atoms with E-state index < -0.39 is 0 Å². The van der Waals surface area contributed by atoms with Gasteiger partial charge in [-0.1, -0.05) is 0 Å². The van der Waals surface area contributed by atoms with Gasteiger partial charge in [0.25, 0.3) is 0 Å². The third-order valence-electron chi connectivity index (χ3n) is 0. The maximum absolute atomic E-state index is 0. The third kappa shape index (κ3) is 627. The zero-order chi connectivity index (χ0) is 0. The van der Waals surface area contributed by atoms with Crippen molar-refractivity contribution in [1.29, 1.82) is 0 Å². The Kier molecular flexibility index (Phi) is 70800. The first-order chi connectivity index (χ1) is 0. The van der Waals surface area contributed by atoms with Gasteiger partial charge in [0.05, 0.1) is 0 Å². The second kappa shape index (κ2) is 770. The zero-order valence-corrected chi connectivity index (χ0v) is 5.00. The molecule has 10 nitrogen and oxygen atoms in total. The van der Waals surface area contributed by atoms with Gasteiger partial charge in [-0.05, 0) is 0 Å². The Balaban J connectivity index is 0. The fourth-order valence-corrected chi connectivity index (χ4v) is 0. The molecule has 82 valence electrons. The van der Waals surface area contributed by atoms with Crippen molar-refractivity contribution in [3.63, 3.8) is 0 Å². The van der Waals surface area contributed by atoms with Crippen LogP contribution in [0.2, 0.25) is 0 Å². The van der Waals surface area contributed by atoms with Crippen LogP contribution in [0.3, 0.4) is 0 Å². The Morgan fingerprint density at radius 3 is 0.182 bits per heavy atom. The molecule has 0 rings (SSSR count). The van der Waals surface area contributed by atoms with Crippen molar-refractivity contribution in [3.8, 4) is 0 Å². The van der Waals surface area contributed by atoms with Crippen LogP contribution in [0.5, 0.6) is 0 Å². The molecule has 0 aliphatic heterocycles. The topological polar surface area (TPSA) is 315 Å². The van der Waals surface area contributed by atoms with Crippen molar-refractivity contribution in [1.82, 2.24) is 0 Å². The Morgan fingerprint density at radius 2 is 0.182 bits per heavy atom. The molecule has 0 heterocycles. The van der Waals surface area contributed by atoms with E-state index in [-0.39, 0.29) is 106 Å². The minimum absolute atomic E-state index is 0. The summed E-state index contributed by atoms with van der Waals surface area (Å²) >= 11 is 0. The van der Waals surface area contributed by atoms with Crippen molar-refractivity contribution < 1.29 is 54.8 Å². The van der Waals surface area contributed by atoms with Crippen molar-refractivity contribution in [2.24, 2.45) is 0 Å². The summed E-state index contributed by atoms with van der Waals surface area (Å²) in [5.74, 6) is 0. The standard InChI is InChI=1S/K.10H2O.H/h;10*1H2;. The van der Waals surface area contributed by atoms with Crippen LogP contribution >= 0.6 is 0 Å². The molecule has 0 radical (unpaired) electrons. The van der Waals surface area contributed by atoms with Gasteiger partial charge in [0.2, 0.25) is 0 Å². The zero-order valence-electron chi connectivity index (χ0n) is 5.00. The van der Waals surface area contributed by atoms with Crippen LogP contribution in [0.25, 0.3) is 0 Å². The van der Waals surface area contributed by atoms with Crippen molar-refractivity contribution in [3.05, 3.63) is 0 Å². The first-order valence-electron chi connectivity index (χ1n) is 0. The Labute approximate surface area is 105 Å². The second-order valence-electron chi connectivity index (χ2n) is 0. The summed E-state index contributed by atoms with van der Waals surface area (Å²) in [5, 5.41) is 0. The Bertz CT molecular complexity index is 4.83. The fourth-order valence-electron chi connectivity index (χ4n) is 0. The van der Waals surface area contributed by atoms with Gasteiger partial charge >= 0.3 is 51.4 Å². The molecule has 0 aliphatic carbocycles. The molecule has 0 aromatic rings. The van der Waals surface area contributed by atoms with E-state index in [0.717, 1.165) is 0 Å². The van der Waals surface area contributed by atoms with Gasteiger partial charge in [-0.25, -0.2) is 0 Å². The molecule has 0 amide bonds. The van der Waals surface area contributed by atoms with E-state index in [1.54, 1.807) is 0 Å². The molecule has 0 bridgehead atoms. The maximum atomic E-state index is 0. The van der Waals surface area contributed by atoms with Gasteiger partial charge in [-0.3, -0.25) is 0 Å². The van der Waals surface area contributed by atoms with Crippen LogP contribution < -0.4 is 0 Å². The molecule has 0 aromatic heterocycles. The van der Waals surface area contributed by atoms with Gasteiger partial charge < -0.3 is 54.8 Å². The first kappa shape index (κ1) is 1010.